The summed E-state index contributed by atoms with van der Waals surface area (Å²) in [7, 11) is -1.92. The van der Waals surface area contributed by atoms with Crippen LogP contribution in [0.25, 0.3) is 0 Å². The first kappa shape index (κ1) is 23.9. The molecule has 1 aliphatic rings. The number of hydrogen-bond acceptors (Lipinski definition) is 4. The summed E-state index contributed by atoms with van der Waals surface area (Å²) < 4.78 is 27.9. The molecule has 0 aliphatic carbocycles. The van der Waals surface area contributed by atoms with Crippen LogP contribution in [0, 0.1) is 19.8 Å². The Bertz CT molecular complexity index is 775. The fourth-order valence-corrected chi connectivity index (χ4v) is 4.94. The predicted molar refractivity (Wildman–Crippen MR) is 111 cm³/mol. The van der Waals surface area contributed by atoms with Crippen molar-refractivity contribution >= 4 is 28.3 Å². The van der Waals surface area contributed by atoms with Gasteiger partial charge in [0.2, 0.25) is 10.0 Å². The van der Waals surface area contributed by atoms with Crippen molar-refractivity contribution in [2.24, 2.45) is 11.7 Å². The Hall–Kier alpha value is -1.15. The lowest BCUT2D eigenvalue weighted by molar-refractivity contribution is 0.0748. The molecule has 1 heterocycles. The number of nitrogens with two attached hydrogens (primary N) is 1. The second-order valence-electron chi connectivity index (χ2n) is 7.50. The number of piperidine rings is 1. The summed E-state index contributed by atoms with van der Waals surface area (Å²) in [6.45, 7) is 9.07. The van der Waals surface area contributed by atoms with Crippen LogP contribution in [0.1, 0.15) is 48.2 Å². The van der Waals surface area contributed by atoms with Gasteiger partial charge in [-0.3, -0.25) is 4.79 Å². The van der Waals surface area contributed by atoms with E-state index in [-0.39, 0.29) is 29.3 Å². The Labute approximate surface area is 169 Å². The van der Waals surface area contributed by atoms with Crippen LogP contribution in [0.3, 0.4) is 0 Å². The van der Waals surface area contributed by atoms with Gasteiger partial charge in [-0.15, -0.1) is 12.4 Å². The number of carbonyl (C=O) groups is 1. The molecule has 1 aliphatic heterocycles. The lowest BCUT2D eigenvalue weighted by Crippen LogP contribution is -2.40. The van der Waals surface area contributed by atoms with Crippen molar-refractivity contribution in [3.8, 4) is 0 Å². The molecule has 1 amide bonds. The maximum Gasteiger partial charge on any atom is 0.253 e. The van der Waals surface area contributed by atoms with E-state index in [2.05, 4.69) is 6.92 Å². The van der Waals surface area contributed by atoms with Gasteiger partial charge in [0.05, 0.1) is 4.90 Å². The molecule has 8 heteroatoms. The van der Waals surface area contributed by atoms with Crippen molar-refractivity contribution in [3.63, 3.8) is 0 Å². The number of aryl methyl sites for hydroxylation is 1. The number of amides is 1. The molecule has 0 radical (unpaired) electrons. The molecule has 0 bridgehead atoms. The third-order valence-electron chi connectivity index (χ3n) is 5.55. The minimum Gasteiger partial charge on any atom is -0.338 e. The Morgan fingerprint density at radius 2 is 1.85 bits per heavy atom. The van der Waals surface area contributed by atoms with Crippen LogP contribution < -0.4 is 5.73 Å². The van der Waals surface area contributed by atoms with Crippen LogP contribution in [0.2, 0.25) is 0 Å². The summed E-state index contributed by atoms with van der Waals surface area (Å²) in [5.74, 6) is 0.332. The maximum atomic E-state index is 13.2. The van der Waals surface area contributed by atoms with E-state index < -0.39 is 10.0 Å². The van der Waals surface area contributed by atoms with Crippen molar-refractivity contribution in [3.05, 3.63) is 28.8 Å². The van der Waals surface area contributed by atoms with Gasteiger partial charge in [-0.05, 0) is 62.8 Å². The summed E-state index contributed by atoms with van der Waals surface area (Å²) in [5.41, 5.74) is 7.55. The van der Waals surface area contributed by atoms with Gasteiger partial charge in [-0.25, -0.2) is 8.42 Å². The van der Waals surface area contributed by atoms with Crippen LogP contribution in [-0.2, 0) is 10.0 Å². The van der Waals surface area contributed by atoms with E-state index in [1.165, 1.54) is 6.07 Å². The molecule has 154 valence electrons. The van der Waals surface area contributed by atoms with Crippen LogP contribution in [0.4, 0.5) is 0 Å². The number of carbonyl (C=O) groups excluding carboxylic acids is 1. The fraction of sp³-hybridized carbons (Fsp3) is 0.632. The second-order valence-corrected chi connectivity index (χ2v) is 9.41. The lowest BCUT2D eigenvalue weighted by Gasteiger charge is -2.30. The van der Waals surface area contributed by atoms with Gasteiger partial charge in [0.1, 0.15) is 0 Å². The standard InChI is InChI=1S/C19H31N3O3S.ClH/c1-13-6-8-22(9-7-13)26(24,25)18-11-17(10-14(2)16(18)4)19(23)21(5)15(3)12-20;/h10-11,13,15H,6-9,12,20H2,1-5H3;1H. The summed E-state index contributed by atoms with van der Waals surface area (Å²) in [4.78, 5) is 14.6. The monoisotopic (exact) mass is 417 g/mol. The molecule has 1 aromatic carbocycles. The number of sulfonamides is 1. The van der Waals surface area contributed by atoms with Gasteiger partial charge in [0, 0.05) is 38.3 Å². The maximum absolute atomic E-state index is 13.2. The van der Waals surface area contributed by atoms with Crippen molar-refractivity contribution in [1.82, 2.24) is 9.21 Å². The summed E-state index contributed by atoms with van der Waals surface area (Å²) >= 11 is 0. The minimum absolute atomic E-state index is 0. The molecule has 27 heavy (non-hydrogen) atoms. The van der Waals surface area contributed by atoms with E-state index >= 15 is 0 Å². The van der Waals surface area contributed by atoms with Gasteiger partial charge in [0.25, 0.3) is 5.91 Å². The van der Waals surface area contributed by atoms with E-state index in [0.29, 0.717) is 36.7 Å². The average molecular weight is 418 g/mol. The van der Waals surface area contributed by atoms with E-state index in [9.17, 15) is 13.2 Å². The molecule has 6 nitrogen and oxygen atoms in total. The Balaban J connectivity index is 0.00000364. The number of likely N-dealkylation sites (N-methyl/N-ethyl adjacent to an activating group) is 1. The number of hydrogen-bond donors (Lipinski definition) is 1. The van der Waals surface area contributed by atoms with Crippen molar-refractivity contribution < 1.29 is 13.2 Å². The highest BCUT2D eigenvalue weighted by molar-refractivity contribution is 7.89. The lowest BCUT2D eigenvalue weighted by atomic mass is 10.0. The topological polar surface area (TPSA) is 83.7 Å². The molecule has 1 fully saturated rings. The van der Waals surface area contributed by atoms with Crippen LogP contribution in [0.5, 0.6) is 0 Å². The Morgan fingerprint density at radius 3 is 2.37 bits per heavy atom. The van der Waals surface area contributed by atoms with E-state index in [1.807, 2.05) is 13.8 Å². The fourth-order valence-electron chi connectivity index (χ4n) is 3.14. The Morgan fingerprint density at radius 1 is 1.30 bits per heavy atom. The molecule has 0 spiro atoms. The average Bonchev–Trinajstić information content (AvgIpc) is 2.62. The van der Waals surface area contributed by atoms with Crippen molar-refractivity contribution in [2.75, 3.05) is 26.7 Å². The summed E-state index contributed by atoms with van der Waals surface area (Å²) in [6, 6.07) is 3.17. The van der Waals surface area contributed by atoms with Crippen LogP contribution in [-0.4, -0.2) is 56.3 Å². The zero-order valence-electron chi connectivity index (χ0n) is 16.9. The highest BCUT2D eigenvalue weighted by atomic mass is 35.5. The molecule has 0 aromatic heterocycles. The van der Waals surface area contributed by atoms with Crippen molar-refractivity contribution in [2.45, 2.75) is 51.5 Å². The second kappa shape index (κ2) is 9.37. The van der Waals surface area contributed by atoms with Gasteiger partial charge in [-0.2, -0.15) is 4.31 Å². The van der Waals surface area contributed by atoms with Crippen LogP contribution >= 0.6 is 12.4 Å². The third-order valence-corrected chi connectivity index (χ3v) is 7.57. The molecule has 0 saturated carbocycles. The van der Waals surface area contributed by atoms with E-state index in [4.69, 9.17) is 5.73 Å². The first-order valence-electron chi connectivity index (χ1n) is 9.18. The van der Waals surface area contributed by atoms with Gasteiger partial charge < -0.3 is 10.6 Å². The molecule has 2 N–H and O–H groups in total. The Kier molecular flexibility index (Phi) is 8.29. The largest absolute Gasteiger partial charge is 0.338 e. The van der Waals surface area contributed by atoms with E-state index in [1.54, 1.807) is 29.2 Å². The van der Waals surface area contributed by atoms with Gasteiger partial charge in [0.15, 0.2) is 0 Å². The zero-order chi connectivity index (χ0) is 19.6. The molecule has 1 aromatic rings. The van der Waals surface area contributed by atoms with Gasteiger partial charge in [-0.1, -0.05) is 6.92 Å². The smallest absolute Gasteiger partial charge is 0.253 e. The molecule has 1 unspecified atom stereocenters. The van der Waals surface area contributed by atoms with Crippen molar-refractivity contribution in [1.29, 1.82) is 0 Å². The molecule has 1 saturated heterocycles. The molecule has 1 atom stereocenters. The zero-order valence-corrected chi connectivity index (χ0v) is 18.5. The SMILES string of the molecule is Cc1cc(C(=O)N(C)C(C)CN)cc(S(=O)(=O)N2CCC(C)CC2)c1C.Cl. The number of benzene rings is 1. The van der Waals surface area contributed by atoms with Gasteiger partial charge >= 0.3 is 0 Å². The number of halogens is 1. The number of nitrogens with zero attached hydrogens (tertiary/aromatic N) is 2. The van der Waals surface area contributed by atoms with E-state index in [0.717, 1.165) is 18.4 Å². The number of rotatable bonds is 5. The highest BCUT2D eigenvalue weighted by Gasteiger charge is 2.31. The molecular weight excluding hydrogens is 386 g/mol. The first-order chi connectivity index (χ1) is 12.1. The normalized spacial score (nSPS) is 17.3. The highest BCUT2D eigenvalue weighted by Crippen LogP contribution is 2.28. The quantitative estimate of drug-likeness (QED) is 0.797. The first-order valence-corrected chi connectivity index (χ1v) is 10.6. The predicted octanol–water partition coefficient (Wildman–Crippen LogP) is 2.57. The molecular formula is C19H32ClN3O3S. The minimum atomic E-state index is -3.61. The summed E-state index contributed by atoms with van der Waals surface area (Å²) in [6.07, 6.45) is 1.74. The summed E-state index contributed by atoms with van der Waals surface area (Å²) in [5, 5.41) is 0. The molecule has 2 rings (SSSR count). The third kappa shape index (κ3) is 5.02. The van der Waals surface area contributed by atoms with Crippen LogP contribution in [0.15, 0.2) is 17.0 Å².